The van der Waals surface area contributed by atoms with E-state index in [2.05, 4.69) is 25.8 Å². The van der Waals surface area contributed by atoms with Crippen LogP contribution in [0.15, 0.2) is 49.1 Å². The Morgan fingerprint density at radius 3 is 2.77 bits per heavy atom. The predicted octanol–water partition coefficient (Wildman–Crippen LogP) is 3.94. The zero-order valence-electron chi connectivity index (χ0n) is 19.1. The minimum atomic E-state index is -2.69. The fourth-order valence-corrected chi connectivity index (χ4v) is 4.81. The van der Waals surface area contributed by atoms with Crippen molar-refractivity contribution in [1.29, 1.82) is 0 Å². The fourth-order valence-electron chi connectivity index (χ4n) is 4.81. The number of rotatable bonds is 6. The SMILES string of the molecule is Cc1cc(-c2ccn3nc(Nc4cnn(C(F)F)c4)cc3c2)c(O[C@H]2C[C@H]3COC[C@@H](C2)N3)cn1. The van der Waals surface area contributed by atoms with Crippen molar-refractivity contribution in [3.63, 3.8) is 0 Å². The Morgan fingerprint density at radius 2 is 2.00 bits per heavy atom. The Labute approximate surface area is 200 Å². The van der Waals surface area contributed by atoms with Crippen molar-refractivity contribution in [3.05, 3.63) is 54.7 Å². The first-order valence-electron chi connectivity index (χ1n) is 11.6. The van der Waals surface area contributed by atoms with Crippen LogP contribution in [-0.2, 0) is 4.74 Å². The van der Waals surface area contributed by atoms with E-state index in [1.54, 1.807) is 10.7 Å². The lowest BCUT2D eigenvalue weighted by molar-refractivity contribution is -0.0122. The predicted molar refractivity (Wildman–Crippen MR) is 125 cm³/mol. The Bertz CT molecular complexity index is 1340. The molecule has 2 bridgehead atoms. The van der Waals surface area contributed by atoms with Crippen LogP contribution in [-0.4, -0.2) is 55.8 Å². The summed E-state index contributed by atoms with van der Waals surface area (Å²) in [7, 11) is 0. The van der Waals surface area contributed by atoms with Crippen molar-refractivity contribution >= 4 is 17.0 Å². The molecular weight excluding hydrogens is 456 g/mol. The summed E-state index contributed by atoms with van der Waals surface area (Å²) in [6.45, 7) is 0.699. The topological polar surface area (TPSA) is 90.5 Å². The summed E-state index contributed by atoms with van der Waals surface area (Å²) in [5.41, 5.74) is 4.13. The summed E-state index contributed by atoms with van der Waals surface area (Å²) < 4.78 is 40.0. The number of alkyl halides is 2. The molecule has 0 spiro atoms. The van der Waals surface area contributed by atoms with Gasteiger partial charge in [0.05, 0.1) is 43.0 Å². The number of hydrogen-bond donors (Lipinski definition) is 2. The second-order valence-corrected chi connectivity index (χ2v) is 9.06. The van der Waals surface area contributed by atoms with Gasteiger partial charge in [0.15, 0.2) is 5.82 Å². The largest absolute Gasteiger partial charge is 0.488 e. The van der Waals surface area contributed by atoms with Crippen LogP contribution in [0.2, 0.25) is 0 Å². The number of piperidine rings is 1. The van der Waals surface area contributed by atoms with Gasteiger partial charge in [-0.1, -0.05) is 0 Å². The van der Waals surface area contributed by atoms with Crippen LogP contribution in [0.5, 0.6) is 5.75 Å². The van der Waals surface area contributed by atoms with Crippen LogP contribution in [0.1, 0.15) is 25.1 Å². The Morgan fingerprint density at radius 1 is 1.17 bits per heavy atom. The molecule has 11 heteroatoms. The summed E-state index contributed by atoms with van der Waals surface area (Å²) in [6.07, 6.45) is 8.13. The van der Waals surface area contributed by atoms with Gasteiger partial charge in [-0.2, -0.15) is 19.0 Å². The lowest BCUT2D eigenvalue weighted by Gasteiger charge is -2.40. The van der Waals surface area contributed by atoms with E-state index in [4.69, 9.17) is 9.47 Å². The van der Waals surface area contributed by atoms with Crippen molar-refractivity contribution in [2.45, 2.75) is 44.5 Å². The third-order valence-corrected chi connectivity index (χ3v) is 6.35. The average molecular weight is 482 g/mol. The van der Waals surface area contributed by atoms with Gasteiger partial charge in [-0.3, -0.25) is 4.98 Å². The molecule has 0 aromatic carbocycles. The fraction of sp³-hybridized carbons (Fsp3) is 0.375. The minimum Gasteiger partial charge on any atom is -0.488 e. The standard InChI is InChI=1S/C24H25F2N7O2/c1-14-4-21(22(10-27-14)35-20-6-16-12-34-13-17(7-20)29-16)15-2-3-32-19(5-15)8-23(31-32)30-18-9-28-33(11-18)24(25)26/h2-5,8-11,16-17,20,24,29H,6-7,12-13H2,1H3,(H,30,31)/t16-,17+,20-. The maximum atomic E-state index is 12.8. The number of nitrogens with one attached hydrogen (secondary N) is 2. The van der Waals surface area contributed by atoms with E-state index in [0.717, 1.165) is 40.9 Å². The highest BCUT2D eigenvalue weighted by atomic mass is 19.3. The smallest absolute Gasteiger partial charge is 0.333 e. The van der Waals surface area contributed by atoms with E-state index in [9.17, 15) is 8.78 Å². The van der Waals surface area contributed by atoms with Crippen LogP contribution >= 0.6 is 0 Å². The van der Waals surface area contributed by atoms with Gasteiger partial charge in [-0.25, -0.2) is 9.20 Å². The van der Waals surface area contributed by atoms with E-state index < -0.39 is 6.55 Å². The number of fused-ring (bicyclic) bond motifs is 3. The minimum absolute atomic E-state index is 0.0991. The van der Waals surface area contributed by atoms with Crippen molar-refractivity contribution in [2.75, 3.05) is 18.5 Å². The molecule has 9 nitrogen and oxygen atoms in total. The molecule has 2 N–H and O–H groups in total. The molecular formula is C24H25F2N7O2. The quantitative estimate of drug-likeness (QED) is 0.431. The molecule has 2 fully saturated rings. The van der Waals surface area contributed by atoms with Gasteiger partial charge in [-0.05, 0) is 30.7 Å². The molecule has 0 unspecified atom stereocenters. The number of hydrogen-bond acceptors (Lipinski definition) is 7. The van der Waals surface area contributed by atoms with Crippen molar-refractivity contribution in [3.8, 4) is 16.9 Å². The van der Waals surface area contributed by atoms with Crippen molar-refractivity contribution in [2.24, 2.45) is 0 Å². The Kier molecular flexibility index (Phi) is 5.57. The average Bonchev–Trinajstić information content (AvgIpc) is 3.46. The molecule has 4 aromatic heterocycles. The van der Waals surface area contributed by atoms with E-state index in [1.165, 1.54) is 12.4 Å². The number of nitrogens with zero attached hydrogens (tertiary/aromatic N) is 5. The van der Waals surface area contributed by atoms with Crippen LogP contribution in [0.3, 0.4) is 0 Å². The number of aryl methyl sites for hydroxylation is 1. The normalized spacial score (nSPS) is 22.0. The molecule has 4 aromatic rings. The Balaban J connectivity index is 1.26. The lowest BCUT2D eigenvalue weighted by atomic mass is 9.94. The van der Waals surface area contributed by atoms with Crippen LogP contribution < -0.4 is 15.4 Å². The number of halogens is 2. The van der Waals surface area contributed by atoms with Crippen LogP contribution in [0, 0.1) is 6.92 Å². The highest BCUT2D eigenvalue weighted by Crippen LogP contribution is 2.34. The lowest BCUT2D eigenvalue weighted by Crippen LogP contribution is -2.56. The molecule has 0 amide bonds. The molecule has 6 rings (SSSR count). The summed E-state index contributed by atoms with van der Waals surface area (Å²) in [5.74, 6) is 1.28. The zero-order chi connectivity index (χ0) is 23.9. The van der Waals surface area contributed by atoms with E-state index in [-0.39, 0.29) is 6.10 Å². The number of anilines is 2. The summed E-state index contributed by atoms with van der Waals surface area (Å²) >= 11 is 0. The molecule has 2 saturated heterocycles. The number of pyridine rings is 2. The zero-order valence-corrected chi connectivity index (χ0v) is 19.1. The van der Waals surface area contributed by atoms with Crippen molar-refractivity contribution in [1.82, 2.24) is 29.7 Å². The van der Waals surface area contributed by atoms with Gasteiger partial charge in [0, 0.05) is 48.4 Å². The van der Waals surface area contributed by atoms with Crippen molar-refractivity contribution < 1.29 is 18.3 Å². The monoisotopic (exact) mass is 481 g/mol. The van der Waals surface area contributed by atoms with Crippen LogP contribution in [0.25, 0.3) is 16.6 Å². The molecule has 0 aliphatic carbocycles. The van der Waals surface area contributed by atoms with Gasteiger partial charge in [-0.15, -0.1) is 0 Å². The molecule has 3 atom stereocenters. The second kappa shape index (κ2) is 8.90. The van der Waals surface area contributed by atoms with E-state index in [0.29, 0.717) is 41.5 Å². The number of morpholine rings is 1. The first-order valence-corrected chi connectivity index (χ1v) is 11.6. The van der Waals surface area contributed by atoms with Crippen LogP contribution in [0.4, 0.5) is 20.3 Å². The summed E-state index contributed by atoms with van der Waals surface area (Å²) in [4.78, 5) is 4.48. The molecule has 182 valence electrons. The molecule has 2 aliphatic rings. The summed E-state index contributed by atoms with van der Waals surface area (Å²) in [5, 5.41) is 14.7. The highest BCUT2D eigenvalue weighted by Gasteiger charge is 2.33. The van der Waals surface area contributed by atoms with Gasteiger partial charge in [0.1, 0.15) is 11.9 Å². The second-order valence-electron chi connectivity index (χ2n) is 9.06. The van der Waals surface area contributed by atoms with Gasteiger partial charge in [0.25, 0.3) is 0 Å². The Hall–Kier alpha value is -3.57. The first-order chi connectivity index (χ1) is 17.0. The third kappa shape index (κ3) is 4.56. The first kappa shape index (κ1) is 21.9. The maximum absolute atomic E-state index is 12.8. The van der Waals surface area contributed by atoms with E-state index in [1.807, 2.05) is 37.4 Å². The summed E-state index contributed by atoms with van der Waals surface area (Å²) in [6, 6.07) is 8.51. The van der Waals surface area contributed by atoms with Gasteiger partial charge in [0.2, 0.25) is 0 Å². The number of aromatic nitrogens is 5. The molecule has 2 aliphatic heterocycles. The molecule has 6 heterocycles. The maximum Gasteiger partial charge on any atom is 0.333 e. The van der Waals surface area contributed by atoms with E-state index >= 15 is 0 Å². The highest BCUT2D eigenvalue weighted by molar-refractivity contribution is 5.75. The molecule has 0 radical (unpaired) electrons. The molecule has 35 heavy (non-hydrogen) atoms. The molecule has 0 saturated carbocycles. The third-order valence-electron chi connectivity index (χ3n) is 6.35. The van der Waals surface area contributed by atoms with Gasteiger partial charge >= 0.3 is 6.55 Å². The number of ether oxygens (including phenoxy) is 2. The van der Waals surface area contributed by atoms with Gasteiger partial charge < -0.3 is 20.1 Å².